The second-order valence-corrected chi connectivity index (χ2v) is 4.66. The van der Waals surface area contributed by atoms with E-state index in [0.717, 1.165) is 6.07 Å². The Bertz CT molecular complexity index is 471. The third kappa shape index (κ3) is 3.44. The van der Waals surface area contributed by atoms with Gasteiger partial charge in [-0.15, -0.1) is 0 Å². The number of rotatable bonds is 4. The quantitative estimate of drug-likeness (QED) is 0.770. The van der Waals surface area contributed by atoms with Gasteiger partial charge in [0.05, 0.1) is 13.2 Å². The van der Waals surface area contributed by atoms with Crippen LogP contribution in [0.1, 0.15) is 11.7 Å². The smallest absolute Gasteiger partial charge is 0.267 e. The van der Waals surface area contributed by atoms with Crippen LogP contribution < -0.4 is 4.74 Å². The summed E-state index contributed by atoms with van der Waals surface area (Å²) in [5.74, 6) is -1.60. The van der Waals surface area contributed by atoms with Crippen molar-refractivity contribution in [2.45, 2.75) is 6.10 Å². The molecule has 0 aliphatic carbocycles. The molecule has 0 fully saturated rings. The van der Waals surface area contributed by atoms with Gasteiger partial charge in [0.2, 0.25) is 0 Å². The summed E-state index contributed by atoms with van der Waals surface area (Å²) in [6.07, 6.45) is -1.48. The molecular weight excluding hydrogens is 239 g/mol. The van der Waals surface area contributed by atoms with E-state index in [9.17, 15) is 17.9 Å². The first kappa shape index (κ1) is 12.9. The Morgan fingerprint density at radius 1 is 1.50 bits per heavy atom. The standard InChI is InChI=1S/C9H11FO5S/c1-15-9-3-2-6(4-7(9)10)8(11)5-16(12,13)14/h2-4,8,11H,5H2,1H3,(H,12,13,14). The summed E-state index contributed by atoms with van der Waals surface area (Å²) in [5, 5.41) is 9.40. The Hall–Kier alpha value is -1.18. The van der Waals surface area contributed by atoms with Gasteiger partial charge in [-0.2, -0.15) is 8.42 Å². The van der Waals surface area contributed by atoms with E-state index < -0.39 is 27.8 Å². The molecule has 0 saturated carbocycles. The Balaban J connectivity index is 2.93. The van der Waals surface area contributed by atoms with Crippen molar-refractivity contribution in [3.05, 3.63) is 29.6 Å². The fourth-order valence-electron chi connectivity index (χ4n) is 1.19. The van der Waals surface area contributed by atoms with Gasteiger partial charge in [0.15, 0.2) is 11.6 Å². The summed E-state index contributed by atoms with van der Waals surface area (Å²) in [7, 11) is -3.02. The molecule has 0 heterocycles. The molecule has 1 rings (SSSR count). The molecule has 90 valence electrons. The van der Waals surface area contributed by atoms with E-state index in [4.69, 9.17) is 4.55 Å². The van der Waals surface area contributed by atoms with Crippen molar-refractivity contribution in [2.75, 3.05) is 12.9 Å². The summed E-state index contributed by atoms with van der Waals surface area (Å²) in [5.41, 5.74) is 0.0518. The van der Waals surface area contributed by atoms with E-state index in [0.29, 0.717) is 0 Å². The Morgan fingerprint density at radius 2 is 2.12 bits per heavy atom. The SMILES string of the molecule is COc1ccc(C(O)CS(=O)(=O)O)cc1F. The van der Waals surface area contributed by atoms with Crippen molar-refractivity contribution in [1.82, 2.24) is 0 Å². The van der Waals surface area contributed by atoms with Crippen LogP contribution in [0.3, 0.4) is 0 Å². The summed E-state index contributed by atoms with van der Waals surface area (Å²) in [6.45, 7) is 0. The molecule has 1 aromatic rings. The molecule has 0 radical (unpaired) electrons. The number of methoxy groups -OCH3 is 1. The van der Waals surface area contributed by atoms with Crippen molar-refractivity contribution >= 4 is 10.1 Å². The van der Waals surface area contributed by atoms with Gasteiger partial charge in [-0.1, -0.05) is 6.07 Å². The fourth-order valence-corrected chi connectivity index (χ4v) is 1.78. The van der Waals surface area contributed by atoms with Crippen LogP contribution >= 0.6 is 0 Å². The molecule has 0 bridgehead atoms. The van der Waals surface area contributed by atoms with Crippen LogP contribution in [0, 0.1) is 5.82 Å². The van der Waals surface area contributed by atoms with Crippen LogP contribution in [-0.4, -0.2) is 30.9 Å². The minimum atomic E-state index is -4.30. The molecule has 16 heavy (non-hydrogen) atoms. The number of aliphatic hydroxyl groups is 1. The van der Waals surface area contributed by atoms with Crippen molar-refractivity contribution in [1.29, 1.82) is 0 Å². The lowest BCUT2D eigenvalue weighted by Crippen LogP contribution is -2.13. The predicted octanol–water partition coefficient (Wildman–Crippen LogP) is 0.756. The summed E-state index contributed by atoms with van der Waals surface area (Å²) in [6, 6.07) is 3.53. The maximum atomic E-state index is 13.2. The summed E-state index contributed by atoms with van der Waals surface area (Å²) in [4.78, 5) is 0. The van der Waals surface area contributed by atoms with Crippen LogP contribution in [0.25, 0.3) is 0 Å². The average molecular weight is 250 g/mol. The first-order chi connectivity index (χ1) is 7.33. The van der Waals surface area contributed by atoms with Gasteiger partial charge < -0.3 is 9.84 Å². The number of halogens is 1. The Morgan fingerprint density at radius 3 is 2.56 bits per heavy atom. The first-order valence-electron chi connectivity index (χ1n) is 4.30. The molecule has 1 aromatic carbocycles. The minimum Gasteiger partial charge on any atom is -0.494 e. The number of ether oxygens (including phenoxy) is 1. The van der Waals surface area contributed by atoms with Crippen LogP contribution in [0.15, 0.2) is 18.2 Å². The van der Waals surface area contributed by atoms with Crippen molar-refractivity contribution in [2.24, 2.45) is 0 Å². The van der Waals surface area contributed by atoms with Gasteiger partial charge in [0.25, 0.3) is 10.1 Å². The van der Waals surface area contributed by atoms with Gasteiger partial charge in [0.1, 0.15) is 5.75 Å². The van der Waals surface area contributed by atoms with Gasteiger partial charge in [-0.3, -0.25) is 4.55 Å². The fraction of sp³-hybridized carbons (Fsp3) is 0.333. The maximum absolute atomic E-state index is 13.2. The maximum Gasteiger partial charge on any atom is 0.267 e. The van der Waals surface area contributed by atoms with E-state index >= 15 is 0 Å². The average Bonchev–Trinajstić information content (AvgIpc) is 2.15. The molecule has 0 aliphatic rings. The molecule has 0 aliphatic heterocycles. The summed E-state index contributed by atoms with van der Waals surface area (Å²) < 4.78 is 47.4. The van der Waals surface area contributed by atoms with Crippen molar-refractivity contribution < 1.29 is 27.2 Å². The number of aliphatic hydroxyl groups excluding tert-OH is 1. The van der Waals surface area contributed by atoms with E-state index in [1.54, 1.807) is 0 Å². The van der Waals surface area contributed by atoms with Crippen molar-refractivity contribution in [3.63, 3.8) is 0 Å². The van der Waals surface area contributed by atoms with E-state index in [2.05, 4.69) is 4.74 Å². The highest BCUT2D eigenvalue weighted by atomic mass is 32.2. The molecule has 0 aromatic heterocycles. The van der Waals surface area contributed by atoms with Gasteiger partial charge in [-0.05, 0) is 17.7 Å². The topological polar surface area (TPSA) is 83.8 Å². The molecule has 0 saturated heterocycles. The van der Waals surface area contributed by atoms with E-state index in [-0.39, 0.29) is 11.3 Å². The third-order valence-electron chi connectivity index (χ3n) is 1.93. The van der Waals surface area contributed by atoms with Gasteiger partial charge in [0, 0.05) is 0 Å². The predicted molar refractivity (Wildman–Crippen MR) is 54.3 cm³/mol. The highest BCUT2D eigenvalue weighted by Crippen LogP contribution is 2.22. The second kappa shape index (κ2) is 4.77. The zero-order chi connectivity index (χ0) is 12.3. The summed E-state index contributed by atoms with van der Waals surface area (Å²) >= 11 is 0. The third-order valence-corrected chi connectivity index (χ3v) is 2.67. The molecule has 5 nitrogen and oxygen atoms in total. The highest BCUT2D eigenvalue weighted by Gasteiger charge is 2.17. The minimum absolute atomic E-state index is 0.0113. The molecule has 7 heteroatoms. The van der Waals surface area contributed by atoms with Crippen molar-refractivity contribution in [3.8, 4) is 5.75 Å². The Labute approximate surface area is 92.2 Å². The molecule has 1 unspecified atom stereocenters. The monoisotopic (exact) mass is 250 g/mol. The molecule has 2 N–H and O–H groups in total. The van der Waals surface area contributed by atoms with Crippen LogP contribution in [-0.2, 0) is 10.1 Å². The number of hydrogen-bond donors (Lipinski definition) is 2. The lowest BCUT2D eigenvalue weighted by Gasteiger charge is -2.10. The van der Waals surface area contributed by atoms with Gasteiger partial charge >= 0.3 is 0 Å². The lowest BCUT2D eigenvalue weighted by atomic mass is 10.1. The van der Waals surface area contributed by atoms with Crippen LogP contribution in [0.2, 0.25) is 0 Å². The van der Waals surface area contributed by atoms with E-state index in [1.165, 1.54) is 19.2 Å². The molecule has 0 spiro atoms. The van der Waals surface area contributed by atoms with Gasteiger partial charge in [-0.25, -0.2) is 4.39 Å². The van der Waals surface area contributed by atoms with Crippen LogP contribution in [0.4, 0.5) is 4.39 Å². The Kier molecular flexibility index (Phi) is 3.84. The zero-order valence-corrected chi connectivity index (χ0v) is 9.24. The zero-order valence-electron chi connectivity index (χ0n) is 8.42. The number of benzene rings is 1. The molecule has 1 atom stereocenters. The number of hydrogen-bond acceptors (Lipinski definition) is 4. The first-order valence-corrected chi connectivity index (χ1v) is 5.91. The van der Waals surface area contributed by atoms with E-state index in [1.807, 2.05) is 0 Å². The normalized spacial score (nSPS) is 13.5. The lowest BCUT2D eigenvalue weighted by molar-refractivity contribution is 0.198. The largest absolute Gasteiger partial charge is 0.494 e. The second-order valence-electron chi connectivity index (χ2n) is 3.16. The highest BCUT2D eigenvalue weighted by molar-refractivity contribution is 7.85. The van der Waals surface area contributed by atoms with Crippen LogP contribution in [0.5, 0.6) is 5.75 Å². The molecular formula is C9H11FO5S. The molecule has 0 amide bonds.